The zero-order valence-corrected chi connectivity index (χ0v) is 11.1. The van der Waals surface area contributed by atoms with Crippen LogP contribution >= 0.6 is 0 Å². The van der Waals surface area contributed by atoms with E-state index in [1.54, 1.807) is 12.5 Å². The maximum Gasteiger partial charge on any atom is 0.0947 e. The van der Waals surface area contributed by atoms with E-state index in [9.17, 15) is 0 Å². The molecular formula is C14H21N3O. The van der Waals surface area contributed by atoms with Crippen LogP contribution in [0.4, 0.5) is 0 Å². The van der Waals surface area contributed by atoms with Gasteiger partial charge in [0.05, 0.1) is 24.3 Å². The van der Waals surface area contributed by atoms with E-state index >= 15 is 0 Å². The molecule has 0 amide bonds. The van der Waals surface area contributed by atoms with Crippen molar-refractivity contribution in [2.75, 3.05) is 0 Å². The number of furan rings is 1. The normalized spacial score (nSPS) is 11.3. The highest BCUT2D eigenvalue weighted by molar-refractivity contribution is 5.05. The molecule has 0 saturated heterocycles. The number of rotatable bonds is 7. The zero-order chi connectivity index (χ0) is 12.8. The number of nitrogens with zero attached hydrogens (tertiary/aromatic N) is 2. The molecule has 0 aliphatic rings. The van der Waals surface area contributed by atoms with E-state index < -0.39 is 0 Å². The lowest BCUT2D eigenvalue weighted by molar-refractivity contribution is 0.424. The Balaban J connectivity index is 1.83. The van der Waals surface area contributed by atoms with Crippen molar-refractivity contribution in [2.24, 2.45) is 0 Å². The molecule has 2 rings (SSSR count). The summed E-state index contributed by atoms with van der Waals surface area (Å²) in [5.41, 5.74) is 2.25. The van der Waals surface area contributed by atoms with Gasteiger partial charge in [0.2, 0.25) is 0 Å². The van der Waals surface area contributed by atoms with Crippen LogP contribution in [0, 0.1) is 0 Å². The molecule has 0 radical (unpaired) electrons. The fourth-order valence-corrected chi connectivity index (χ4v) is 2.07. The summed E-state index contributed by atoms with van der Waals surface area (Å²) in [5.74, 6) is 0. The van der Waals surface area contributed by atoms with Crippen LogP contribution < -0.4 is 5.32 Å². The van der Waals surface area contributed by atoms with E-state index in [4.69, 9.17) is 4.42 Å². The predicted molar refractivity (Wildman–Crippen MR) is 71.1 cm³/mol. The van der Waals surface area contributed by atoms with Crippen LogP contribution in [0.25, 0.3) is 0 Å². The lowest BCUT2D eigenvalue weighted by Crippen LogP contribution is -2.14. The van der Waals surface area contributed by atoms with Crippen molar-refractivity contribution in [1.29, 1.82) is 0 Å². The minimum absolute atomic E-state index is 0.521. The van der Waals surface area contributed by atoms with E-state index in [0.29, 0.717) is 6.04 Å². The highest BCUT2D eigenvalue weighted by atomic mass is 16.3. The van der Waals surface area contributed by atoms with Crippen molar-refractivity contribution in [3.8, 4) is 0 Å². The maximum absolute atomic E-state index is 5.02. The molecule has 2 aromatic rings. The average molecular weight is 247 g/mol. The summed E-state index contributed by atoms with van der Waals surface area (Å²) in [5, 5.41) is 7.96. The lowest BCUT2D eigenvalue weighted by atomic mass is 10.2. The van der Waals surface area contributed by atoms with Crippen molar-refractivity contribution in [3.05, 3.63) is 42.1 Å². The third-order valence-corrected chi connectivity index (χ3v) is 3.20. The van der Waals surface area contributed by atoms with E-state index in [1.165, 1.54) is 0 Å². The summed E-state index contributed by atoms with van der Waals surface area (Å²) in [6, 6.07) is 4.57. The van der Waals surface area contributed by atoms with Gasteiger partial charge in [-0.15, -0.1) is 0 Å². The Kier molecular flexibility index (Phi) is 4.59. The topological polar surface area (TPSA) is 43.0 Å². The molecule has 0 atom stereocenters. The number of hydrogen-bond acceptors (Lipinski definition) is 3. The van der Waals surface area contributed by atoms with Crippen LogP contribution in [0.3, 0.4) is 0 Å². The fourth-order valence-electron chi connectivity index (χ4n) is 2.07. The van der Waals surface area contributed by atoms with Gasteiger partial charge in [0.25, 0.3) is 0 Å². The van der Waals surface area contributed by atoms with Crippen molar-refractivity contribution < 1.29 is 4.42 Å². The van der Waals surface area contributed by atoms with Gasteiger partial charge in [0, 0.05) is 24.8 Å². The number of hydrogen-bond donors (Lipinski definition) is 1. The first-order valence-corrected chi connectivity index (χ1v) is 6.59. The van der Waals surface area contributed by atoms with Gasteiger partial charge in [-0.25, -0.2) is 0 Å². The second-order valence-corrected chi connectivity index (χ2v) is 4.49. The monoisotopic (exact) mass is 247 g/mol. The molecule has 2 heterocycles. The molecule has 18 heavy (non-hydrogen) atoms. The Hall–Kier alpha value is -1.55. The van der Waals surface area contributed by atoms with Crippen molar-refractivity contribution >= 4 is 0 Å². The number of nitrogens with one attached hydrogen (secondary N) is 1. The summed E-state index contributed by atoms with van der Waals surface area (Å²) < 4.78 is 7.10. The van der Waals surface area contributed by atoms with Gasteiger partial charge in [0.15, 0.2) is 0 Å². The van der Waals surface area contributed by atoms with Crippen molar-refractivity contribution in [2.45, 2.75) is 45.8 Å². The second kappa shape index (κ2) is 6.40. The average Bonchev–Trinajstić information content (AvgIpc) is 3.03. The first-order valence-electron chi connectivity index (χ1n) is 6.59. The standard InChI is InChI=1S/C14H21N3O/c1-3-14(4-2)17-7-5-13(16-17)10-15-9-12-6-8-18-11-12/h5-8,11,14-15H,3-4,9-10H2,1-2H3. The molecule has 4 nitrogen and oxygen atoms in total. The van der Waals surface area contributed by atoms with E-state index in [0.717, 1.165) is 37.2 Å². The van der Waals surface area contributed by atoms with Gasteiger partial charge in [-0.2, -0.15) is 5.10 Å². The van der Waals surface area contributed by atoms with Crippen LogP contribution in [0.2, 0.25) is 0 Å². The van der Waals surface area contributed by atoms with Gasteiger partial charge in [-0.3, -0.25) is 4.68 Å². The Labute approximate surface area is 108 Å². The van der Waals surface area contributed by atoms with E-state index in [-0.39, 0.29) is 0 Å². The molecule has 4 heteroatoms. The quantitative estimate of drug-likeness (QED) is 0.817. The van der Waals surface area contributed by atoms with E-state index in [1.807, 2.05) is 6.07 Å². The van der Waals surface area contributed by atoms with Gasteiger partial charge in [-0.05, 0) is 25.0 Å². The minimum Gasteiger partial charge on any atom is -0.472 e. The molecule has 0 bridgehead atoms. The van der Waals surface area contributed by atoms with Gasteiger partial charge in [-0.1, -0.05) is 13.8 Å². The summed E-state index contributed by atoms with van der Waals surface area (Å²) in [7, 11) is 0. The first kappa shape index (κ1) is 12.9. The third-order valence-electron chi connectivity index (χ3n) is 3.20. The SMILES string of the molecule is CCC(CC)n1ccc(CNCc2ccoc2)n1. The maximum atomic E-state index is 5.02. The largest absolute Gasteiger partial charge is 0.472 e. The van der Waals surface area contributed by atoms with Gasteiger partial charge < -0.3 is 9.73 Å². The van der Waals surface area contributed by atoms with Crippen LogP contribution in [-0.4, -0.2) is 9.78 Å². The highest BCUT2D eigenvalue weighted by Crippen LogP contribution is 2.14. The van der Waals surface area contributed by atoms with Crippen LogP contribution in [0.5, 0.6) is 0 Å². The summed E-state index contributed by atoms with van der Waals surface area (Å²) in [6.45, 7) is 6.01. The third kappa shape index (κ3) is 3.23. The lowest BCUT2D eigenvalue weighted by Gasteiger charge is -2.12. The van der Waals surface area contributed by atoms with Crippen LogP contribution in [0.15, 0.2) is 35.3 Å². The molecule has 0 aliphatic heterocycles. The molecule has 0 saturated carbocycles. The minimum atomic E-state index is 0.521. The Morgan fingerprint density at radius 3 is 2.78 bits per heavy atom. The van der Waals surface area contributed by atoms with Gasteiger partial charge in [0.1, 0.15) is 0 Å². The van der Waals surface area contributed by atoms with Gasteiger partial charge >= 0.3 is 0 Å². The Morgan fingerprint density at radius 2 is 2.11 bits per heavy atom. The van der Waals surface area contributed by atoms with Crippen LogP contribution in [0.1, 0.15) is 44.0 Å². The zero-order valence-electron chi connectivity index (χ0n) is 11.1. The van der Waals surface area contributed by atoms with Crippen LogP contribution in [-0.2, 0) is 13.1 Å². The molecule has 1 N–H and O–H groups in total. The molecule has 98 valence electrons. The smallest absolute Gasteiger partial charge is 0.0947 e. The summed E-state index contributed by atoms with van der Waals surface area (Å²) in [6.07, 6.45) is 7.78. The summed E-state index contributed by atoms with van der Waals surface area (Å²) in [4.78, 5) is 0. The molecular weight excluding hydrogens is 226 g/mol. The Morgan fingerprint density at radius 1 is 1.28 bits per heavy atom. The highest BCUT2D eigenvalue weighted by Gasteiger charge is 2.07. The molecule has 2 aromatic heterocycles. The molecule has 0 unspecified atom stereocenters. The molecule has 0 aromatic carbocycles. The van der Waals surface area contributed by atoms with Crippen molar-refractivity contribution in [3.63, 3.8) is 0 Å². The number of aromatic nitrogens is 2. The Bertz CT molecular complexity index is 443. The fraction of sp³-hybridized carbons (Fsp3) is 0.500. The second-order valence-electron chi connectivity index (χ2n) is 4.49. The summed E-state index contributed by atoms with van der Waals surface area (Å²) >= 11 is 0. The van der Waals surface area contributed by atoms with Crippen molar-refractivity contribution in [1.82, 2.24) is 15.1 Å². The predicted octanol–water partition coefficient (Wildman–Crippen LogP) is 3.13. The first-order chi connectivity index (χ1) is 8.83. The molecule has 0 aliphatic carbocycles. The van der Waals surface area contributed by atoms with E-state index in [2.05, 4.69) is 41.2 Å². The molecule has 0 spiro atoms. The molecule has 0 fully saturated rings.